The van der Waals surface area contributed by atoms with Crippen molar-refractivity contribution in [3.63, 3.8) is 0 Å². The molecule has 0 bridgehead atoms. The number of aromatic nitrogens is 2. The zero-order valence-corrected chi connectivity index (χ0v) is 13.9. The lowest BCUT2D eigenvalue weighted by molar-refractivity contribution is 0.107. The first-order valence-corrected chi connectivity index (χ1v) is 8.13. The van der Waals surface area contributed by atoms with Gasteiger partial charge in [0.25, 0.3) is 0 Å². The lowest BCUT2D eigenvalue weighted by Gasteiger charge is -2.15. The van der Waals surface area contributed by atoms with E-state index in [1.807, 2.05) is 7.05 Å². The molecule has 1 aliphatic heterocycles. The molecular formula is C15H22N4OS. The fourth-order valence-electron chi connectivity index (χ4n) is 2.88. The molecule has 1 aliphatic rings. The molecular weight excluding hydrogens is 284 g/mol. The number of methoxy groups -OCH3 is 1. The van der Waals surface area contributed by atoms with Gasteiger partial charge >= 0.3 is 0 Å². The van der Waals surface area contributed by atoms with E-state index in [2.05, 4.69) is 24.1 Å². The summed E-state index contributed by atoms with van der Waals surface area (Å²) in [6, 6.07) is 0. The van der Waals surface area contributed by atoms with Crippen molar-refractivity contribution in [3.05, 3.63) is 16.3 Å². The minimum absolute atomic E-state index is 0.351. The fraction of sp³-hybridized carbons (Fsp3) is 0.600. The largest absolute Gasteiger partial charge is 0.380 e. The van der Waals surface area contributed by atoms with Crippen molar-refractivity contribution in [1.29, 1.82) is 0 Å². The molecule has 2 aromatic rings. The molecule has 3 rings (SSSR count). The molecule has 1 fully saturated rings. The van der Waals surface area contributed by atoms with Crippen LogP contribution >= 0.6 is 11.3 Å². The number of rotatable bonds is 4. The van der Waals surface area contributed by atoms with E-state index < -0.39 is 0 Å². The highest BCUT2D eigenvalue weighted by Crippen LogP contribution is 2.33. The number of nitrogens with zero attached hydrogens (tertiary/aromatic N) is 3. The summed E-state index contributed by atoms with van der Waals surface area (Å²) in [7, 11) is 3.71. The molecule has 21 heavy (non-hydrogen) atoms. The number of likely N-dealkylation sites (tertiary alicyclic amines) is 1. The third kappa shape index (κ3) is 2.75. The quantitative estimate of drug-likeness (QED) is 0.941. The van der Waals surface area contributed by atoms with Crippen LogP contribution in [0.3, 0.4) is 0 Å². The van der Waals surface area contributed by atoms with Gasteiger partial charge in [-0.2, -0.15) is 0 Å². The third-order valence-electron chi connectivity index (χ3n) is 4.24. The summed E-state index contributed by atoms with van der Waals surface area (Å²) in [6.07, 6.45) is 1.44. The Kier molecular flexibility index (Phi) is 4.10. The van der Waals surface area contributed by atoms with Crippen LogP contribution in [0.25, 0.3) is 10.2 Å². The van der Waals surface area contributed by atoms with E-state index in [4.69, 9.17) is 14.7 Å². The smallest absolute Gasteiger partial charge is 0.146 e. The average Bonchev–Trinajstić information content (AvgIpc) is 3.04. The molecule has 5 nitrogen and oxygen atoms in total. The molecule has 0 spiro atoms. The Bertz CT molecular complexity index is 655. The molecule has 1 unspecified atom stereocenters. The molecule has 1 saturated heterocycles. The molecule has 0 saturated carbocycles. The molecule has 114 valence electrons. The summed E-state index contributed by atoms with van der Waals surface area (Å²) >= 11 is 1.75. The first kappa shape index (κ1) is 14.7. The molecule has 3 heterocycles. The van der Waals surface area contributed by atoms with Gasteiger partial charge < -0.3 is 10.1 Å². The molecule has 1 atom stereocenters. The van der Waals surface area contributed by atoms with Crippen LogP contribution in [0, 0.1) is 13.8 Å². The van der Waals surface area contributed by atoms with Crippen LogP contribution < -0.4 is 5.32 Å². The average molecular weight is 306 g/mol. The van der Waals surface area contributed by atoms with Gasteiger partial charge in [-0.3, -0.25) is 4.90 Å². The second-order valence-electron chi connectivity index (χ2n) is 5.58. The van der Waals surface area contributed by atoms with Crippen LogP contribution in [0.1, 0.15) is 22.7 Å². The van der Waals surface area contributed by atoms with Gasteiger partial charge in [0.2, 0.25) is 0 Å². The van der Waals surface area contributed by atoms with E-state index in [1.54, 1.807) is 18.4 Å². The maximum atomic E-state index is 5.42. The summed E-state index contributed by atoms with van der Waals surface area (Å²) in [6.45, 7) is 7.10. The van der Waals surface area contributed by atoms with Gasteiger partial charge in [0.1, 0.15) is 16.5 Å². The van der Waals surface area contributed by atoms with Gasteiger partial charge in [-0.25, -0.2) is 9.97 Å². The molecule has 0 amide bonds. The minimum Gasteiger partial charge on any atom is -0.380 e. The minimum atomic E-state index is 0.351. The van der Waals surface area contributed by atoms with E-state index in [1.165, 1.54) is 15.8 Å². The molecule has 0 aliphatic carbocycles. The monoisotopic (exact) mass is 306 g/mol. The Morgan fingerprint density at radius 3 is 2.86 bits per heavy atom. The molecule has 1 N–H and O–H groups in total. The maximum Gasteiger partial charge on any atom is 0.146 e. The number of aryl methyl sites for hydroxylation is 2. The summed E-state index contributed by atoms with van der Waals surface area (Å²) in [5.74, 6) is 1.84. The van der Waals surface area contributed by atoms with Crippen LogP contribution in [-0.2, 0) is 11.3 Å². The first-order chi connectivity index (χ1) is 10.1. The Hall–Kier alpha value is -1.24. The van der Waals surface area contributed by atoms with Gasteiger partial charge in [-0.1, -0.05) is 0 Å². The Balaban J connectivity index is 1.89. The summed E-state index contributed by atoms with van der Waals surface area (Å²) in [5.41, 5.74) is 1.28. The van der Waals surface area contributed by atoms with E-state index >= 15 is 0 Å². The van der Waals surface area contributed by atoms with E-state index in [9.17, 15) is 0 Å². The fourth-order valence-corrected chi connectivity index (χ4v) is 3.93. The van der Waals surface area contributed by atoms with Crippen LogP contribution in [0.2, 0.25) is 0 Å². The van der Waals surface area contributed by atoms with Gasteiger partial charge in [0.15, 0.2) is 0 Å². The first-order valence-electron chi connectivity index (χ1n) is 7.32. The van der Waals surface area contributed by atoms with Crippen molar-refractivity contribution in [2.75, 3.05) is 32.6 Å². The second kappa shape index (κ2) is 5.87. The van der Waals surface area contributed by atoms with Crippen LogP contribution in [0.5, 0.6) is 0 Å². The predicted octanol–water partition coefficient (Wildman–Crippen LogP) is 2.57. The molecule has 0 aromatic carbocycles. The van der Waals surface area contributed by atoms with Crippen molar-refractivity contribution in [2.24, 2.45) is 0 Å². The summed E-state index contributed by atoms with van der Waals surface area (Å²) < 4.78 is 5.42. The lowest BCUT2D eigenvalue weighted by Crippen LogP contribution is -2.23. The van der Waals surface area contributed by atoms with Gasteiger partial charge in [0, 0.05) is 32.1 Å². The van der Waals surface area contributed by atoms with Crippen LogP contribution in [0.15, 0.2) is 0 Å². The van der Waals surface area contributed by atoms with Crippen molar-refractivity contribution in [2.45, 2.75) is 32.9 Å². The highest BCUT2D eigenvalue weighted by atomic mass is 32.1. The number of nitrogens with one attached hydrogen (secondary N) is 1. The number of thiophene rings is 1. The number of hydrogen-bond donors (Lipinski definition) is 1. The van der Waals surface area contributed by atoms with E-state index in [-0.39, 0.29) is 0 Å². The Morgan fingerprint density at radius 1 is 1.38 bits per heavy atom. The van der Waals surface area contributed by atoms with Crippen molar-refractivity contribution < 1.29 is 4.74 Å². The van der Waals surface area contributed by atoms with Gasteiger partial charge in [-0.05, 0) is 25.8 Å². The van der Waals surface area contributed by atoms with Crippen molar-refractivity contribution in [3.8, 4) is 0 Å². The highest BCUT2D eigenvalue weighted by Gasteiger charge is 2.23. The van der Waals surface area contributed by atoms with Gasteiger partial charge in [-0.15, -0.1) is 11.3 Å². The standard InChI is InChI=1S/C15H22N4OS/c1-9-10(2)21-15-13(9)14(16-3)17-12(18-15)8-19-6-5-11(7-19)20-4/h11H,5-8H2,1-4H3,(H,16,17,18). The Labute approximate surface area is 129 Å². The van der Waals surface area contributed by atoms with Gasteiger partial charge in [0.05, 0.1) is 18.0 Å². The third-order valence-corrected chi connectivity index (χ3v) is 5.34. The number of ether oxygens (including phenoxy) is 1. The number of hydrogen-bond acceptors (Lipinski definition) is 6. The predicted molar refractivity (Wildman–Crippen MR) is 87.1 cm³/mol. The highest BCUT2D eigenvalue weighted by molar-refractivity contribution is 7.18. The zero-order chi connectivity index (χ0) is 15.0. The Morgan fingerprint density at radius 2 is 2.19 bits per heavy atom. The summed E-state index contributed by atoms with van der Waals surface area (Å²) in [4.78, 5) is 14.2. The topological polar surface area (TPSA) is 50.3 Å². The SMILES string of the molecule is CNc1nc(CN2CCC(OC)C2)nc2sc(C)c(C)c12. The number of fused-ring (bicyclic) bond motifs is 1. The van der Waals surface area contributed by atoms with E-state index in [0.29, 0.717) is 6.10 Å². The molecule has 6 heteroatoms. The van der Waals surface area contributed by atoms with Crippen molar-refractivity contribution in [1.82, 2.24) is 14.9 Å². The molecule has 0 radical (unpaired) electrons. The van der Waals surface area contributed by atoms with E-state index in [0.717, 1.165) is 42.5 Å². The molecule has 2 aromatic heterocycles. The van der Waals surface area contributed by atoms with Crippen LogP contribution in [0.4, 0.5) is 5.82 Å². The summed E-state index contributed by atoms with van der Waals surface area (Å²) in [5, 5.41) is 4.39. The van der Waals surface area contributed by atoms with Crippen LogP contribution in [-0.4, -0.2) is 48.2 Å². The normalized spacial score (nSPS) is 19.5. The lowest BCUT2D eigenvalue weighted by atomic mass is 10.2. The second-order valence-corrected chi connectivity index (χ2v) is 6.79. The van der Waals surface area contributed by atoms with Crippen molar-refractivity contribution >= 4 is 27.4 Å². The maximum absolute atomic E-state index is 5.42. The zero-order valence-electron chi connectivity index (χ0n) is 13.1. The number of anilines is 1.